The summed E-state index contributed by atoms with van der Waals surface area (Å²) in [7, 11) is 1.78. The predicted octanol–water partition coefficient (Wildman–Crippen LogP) is 3.00. The SMILES string of the molecule is CN=C(NCCOc1cccc(F)c1)NC1CCN(C2CCCC2)C1.I. The molecule has 1 saturated carbocycles. The van der Waals surface area contributed by atoms with Crippen LogP contribution in [0.1, 0.15) is 32.1 Å². The molecule has 0 aromatic heterocycles. The number of halogens is 2. The van der Waals surface area contributed by atoms with Crippen molar-refractivity contribution in [2.75, 3.05) is 33.3 Å². The Balaban J connectivity index is 0.00000243. The molecule has 2 aliphatic rings. The van der Waals surface area contributed by atoms with E-state index in [0.29, 0.717) is 24.9 Å². The molecule has 3 rings (SSSR count). The largest absolute Gasteiger partial charge is 0.492 e. The maximum Gasteiger partial charge on any atom is 0.191 e. The van der Waals surface area contributed by atoms with Crippen LogP contribution in [-0.4, -0.2) is 56.2 Å². The van der Waals surface area contributed by atoms with E-state index in [1.165, 1.54) is 44.4 Å². The summed E-state index contributed by atoms with van der Waals surface area (Å²) in [5.41, 5.74) is 0. The molecule has 0 bridgehead atoms. The lowest BCUT2D eigenvalue weighted by molar-refractivity contribution is 0.242. The minimum absolute atomic E-state index is 0. The van der Waals surface area contributed by atoms with Gasteiger partial charge in [0.2, 0.25) is 0 Å². The zero-order valence-corrected chi connectivity index (χ0v) is 17.7. The van der Waals surface area contributed by atoms with Crippen molar-refractivity contribution < 1.29 is 9.13 Å². The average Bonchev–Trinajstić information content (AvgIpc) is 3.29. The number of hydrogen-bond acceptors (Lipinski definition) is 3. The maximum absolute atomic E-state index is 13.1. The van der Waals surface area contributed by atoms with Crippen molar-refractivity contribution in [1.82, 2.24) is 15.5 Å². The number of nitrogens with zero attached hydrogens (tertiary/aromatic N) is 2. The van der Waals surface area contributed by atoms with Gasteiger partial charge < -0.3 is 15.4 Å². The number of hydrogen-bond donors (Lipinski definition) is 2. The zero-order chi connectivity index (χ0) is 17.5. The molecule has 1 heterocycles. The average molecular weight is 476 g/mol. The first-order valence-electron chi connectivity index (χ1n) is 9.34. The third-order valence-electron chi connectivity index (χ3n) is 5.08. The normalized spacial score (nSPS) is 21.5. The smallest absolute Gasteiger partial charge is 0.191 e. The lowest BCUT2D eigenvalue weighted by atomic mass is 10.2. The van der Waals surface area contributed by atoms with Crippen molar-refractivity contribution in [3.05, 3.63) is 30.1 Å². The van der Waals surface area contributed by atoms with Crippen LogP contribution in [0.5, 0.6) is 5.75 Å². The van der Waals surface area contributed by atoms with E-state index in [4.69, 9.17) is 4.74 Å². The van der Waals surface area contributed by atoms with Crippen LogP contribution in [0.15, 0.2) is 29.3 Å². The molecule has 1 aromatic rings. The molecule has 5 nitrogen and oxygen atoms in total. The fourth-order valence-corrected chi connectivity index (χ4v) is 3.79. The van der Waals surface area contributed by atoms with E-state index >= 15 is 0 Å². The number of aliphatic imine (C=N–C) groups is 1. The summed E-state index contributed by atoms with van der Waals surface area (Å²) in [6.07, 6.45) is 6.65. The molecule has 0 amide bonds. The first kappa shape index (κ1) is 21.2. The fourth-order valence-electron chi connectivity index (χ4n) is 3.79. The molecule has 0 spiro atoms. The van der Waals surface area contributed by atoms with E-state index in [0.717, 1.165) is 25.0 Å². The summed E-state index contributed by atoms with van der Waals surface area (Å²) in [6, 6.07) is 7.45. The van der Waals surface area contributed by atoms with Crippen LogP contribution in [0, 0.1) is 5.82 Å². The quantitative estimate of drug-likeness (QED) is 0.287. The first-order valence-corrected chi connectivity index (χ1v) is 9.34. The second-order valence-electron chi connectivity index (χ2n) is 6.87. The Labute approximate surface area is 172 Å². The minimum Gasteiger partial charge on any atom is -0.492 e. The molecule has 1 atom stereocenters. The minimum atomic E-state index is -0.281. The number of guanidine groups is 1. The van der Waals surface area contributed by atoms with Gasteiger partial charge in [-0.25, -0.2) is 4.39 Å². The summed E-state index contributed by atoms with van der Waals surface area (Å²) in [5, 5.41) is 6.78. The monoisotopic (exact) mass is 476 g/mol. The Morgan fingerprint density at radius 2 is 2.12 bits per heavy atom. The molecule has 1 unspecified atom stereocenters. The van der Waals surface area contributed by atoms with Gasteiger partial charge in [-0.1, -0.05) is 18.9 Å². The van der Waals surface area contributed by atoms with Gasteiger partial charge in [0.05, 0.1) is 6.54 Å². The van der Waals surface area contributed by atoms with E-state index in [1.54, 1.807) is 19.2 Å². The van der Waals surface area contributed by atoms with E-state index in [-0.39, 0.29) is 29.8 Å². The highest BCUT2D eigenvalue weighted by Gasteiger charge is 2.30. The van der Waals surface area contributed by atoms with Crippen molar-refractivity contribution in [2.45, 2.75) is 44.2 Å². The molecule has 2 fully saturated rings. The topological polar surface area (TPSA) is 48.9 Å². The van der Waals surface area contributed by atoms with E-state index < -0.39 is 0 Å². The Morgan fingerprint density at radius 3 is 2.85 bits per heavy atom. The third-order valence-corrected chi connectivity index (χ3v) is 5.08. The molecule has 1 aromatic carbocycles. The number of benzene rings is 1. The molecular weight excluding hydrogens is 446 g/mol. The standard InChI is InChI=1S/C19H29FN4O.HI/c1-21-19(22-10-12-25-18-8-4-5-15(20)13-18)23-16-9-11-24(14-16)17-6-2-3-7-17;/h4-5,8,13,16-17H,2-3,6-7,9-12,14H2,1H3,(H2,21,22,23);1H. The highest BCUT2D eigenvalue weighted by molar-refractivity contribution is 14.0. The molecule has 1 aliphatic heterocycles. The van der Waals surface area contributed by atoms with Crippen molar-refractivity contribution in [1.29, 1.82) is 0 Å². The molecular formula is C19H30FIN4O. The van der Waals surface area contributed by atoms with Crippen molar-refractivity contribution in [3.8, 4) is 5.75 Å². The highest BCUT2D eigenvalue weighted by atomic mass is 127. The van der Waals surface area contributed by atoms with Gasteiger partial charge in [-0.2, -0.15) is 0 Å². The Kier molecular flexibility index (Phi) is 8.90. The van der Waals surface area contributed by atoms with Crippen LogP contribution in [0.25, 0.3) is 0 Å². The number of rotatable bonds is 6. The van der Waals surface area contributed by atoms with Gasteiger partial charge in [-0.3, -0.25) is 9.89 Å². The number of nitrogens with one attached hydrogen (secondary N) is 2. The van der Waals surface area contributed by atoms with Gasteiger partial charge in [0.15, 0.2) is 5.96 Å². The van der Waals surface area contributed by atoms with Gasteiger partial charge in [0, 0.05) is 38.3 Å². The van der Waals surface area contributed by atoms with Gasteiger partial charge >= 0.3 is 0 Å². The van der Waals surface area contributed by atoms with Crippen LogP contribution in [-0.2, 0) is 0 Å². The molecule has 26 heavy (non-hydrogen) atoms. The summed E-state index contributed by atoms with van der Waals surface area (Å²) in [6.45, 7) is 3.37. The predicted molar refractivity (Wildman–Crippen MR) is 114 cm³/mol. The van der Waals surface area contributed by atoms with E-state index in [2.05, 4.69) is 20.5 Å². The van der Waals surface area contributed by atoms with Gasteiger partial charge in [0.1, 0.15) is 18.2 Å². The Morgan fingerprint density at radius 1 is 1.31 bits per heavy atom. The summed E-state index contributed by atoms with van der Waals surface area (Å²) in [4.78, 5) is 6.92. The molecule has 2 N–H and O–H groups in total. The van der Waals surface area contributed by atoms with Crippen molar-refractivity contribution in [3.63, 3.8) is 0 Å². The molecule has 0 radical (unpaired) electrons. The Hall–Kier alpha value is -1.09. The van der Waals surface area contributed by atoms with Gasteiger partial charge in [-0.05, 0) is 31.4 Å². The van der Waals surface area contributed by atoms with Crippen LogP contribution in [0.2, 0.25) is 0 Å². The van der Waals surface area contributed by atoms with Crippen LogP contribution in [0.4, 0.5) is 4.39 Å². The molecule has 1 aliphatic carbocycles. The fraction of sp³-hybridized carbons (Fsp3) is 0.632. The summed E-state index contributed by atoms with van der Waals surface area (Å²) < 4.78 is 18.6. The second-order valence-corrected chi connectivity index (χ2v) is 6.87. The third kappa shape index (κ3) is 6.26. The lowest BCUT2D eigenvalue weighted by Gasteiger charge is -2.24. The van der Waals surface area contributed by atoms with Crippen molar-refractivity contribution >= 4 is 29.9 Å². The highest BCUT2D eigenvalue weighted by Crippen LogP contribution is 2.26. The van der Waals surface area contributed by atoms with Gasteiger partial charge in [-0.15, -0.1) is 24.0 Å². The lowest BCUT2D eigenvalue weighted by Crippen LogP contribution is -2.46. The van der Waals surface area contributed by atoms with Crippen molar-refractivity contribution in [2.24, 2.45) is 4.99 Å². The molecule has 7 heteroatoms. The zero-order valence-electron chi connectivity index (χ0n) is 15.4. The van der Waals surface area contributed by atoms with E-state index in [1.807, 2.05) is 0 Å². The Bertz CT molecular complexity index is 580. The van der Waals surface area contributed by atoms with Crippen LogP contribution >= 0.6 is 24.0 Å². The number of likely N-dealkylation sites (tertiary alicyclic amines) is 1. The maximum atomic E-state index is 13.1. The van der Waals surface area contributed by atoms with Crippen LogP contribution in [0.3, 0.4) is 0 Å². The summed E-state index contributed by atoms with van der Waals surface area (Å²) in [5.74, 6) is 1.07. The summed E-state index contributed by atoms with van der Waals surface area (Å²) >= 11 is 0. The van der Waals surface area contributed by atoms with Crippen LogP contribution < -0.4 is 15.4 Å². The molecule has 1 saturated heterocycles. The van der Waals surface area contributed by atoms with Gasteiger partial charge in [0.25, 0.3) is 0 Å². The van der Waals surface area contributed by atoms with E-state index in [9.17, 15) is 4.39 Å². The first-order chi connectivity index (χ1) is 12.2. The number of ether oxygens (including phenoxy) is 1. The second kappa shape index (κ2) is 10.9. The molecule has 146 valence electrons.